The van der Waals surface area contributed by atoms with Gasteiger partial charge in [-0.15, -0.1) is 0 Å². The minimum atomic E-state index is -0.0899. The van der Waals surface area contributed by atoms with E-state index >= 15 is 0 Å². The van der Waals surface area contributed by atoms with Crippen LogP contribution in [0.4, 0.5) is 0 Å². The minimum absolute atomic E-state index is 0.0518. The Kier molecular flexibility index (Phi) is 5.23. The summed E-state index contributed by atoms with van der Waals surface area (Å²) in [4.78, 5) is 14.2. The minimum Gasteiger partial charge on any atom is -0.490 e. The molecule has 0 saturated carbocycles. The molecule has 0 unspecified atom stereocenters. The molecule has 1 saturated heterocycles. The highest BCUT2D eigenvalue weighted by atomic mass is 35.5. The summed E-state index contributed by atoms with van der Waals surface area (Å²) in [6, 6.07) is 5.10. The zero-order valence-corrected chi connectivity index (χ0v) is 12.2. The molecule has 1 aromatic carbocycles. The second-order valence-corrected chi connectivity index (χ2v) is 5.22. The number of hydrogen-bond donors (Lipinski definition) is 1. The van der Waals surface area contributed by atoms with Crippen LogP contribution in [-0.4, -0.2) is 50.3 Å². The normalized spacial score (nSPS) is 18.4. The maximum atomic E-state index is 12.5. The molecule has 2 rings (SSSR count). The van der Waals surface area contributed by atoms with E-state index in [9.17, 15) is 4.79 Å². The molecule has 0 radical (unpaired) electrons. The molecule has 0 spiro atoms. The van der Waals surface area contributed by atoms with Gasteiger partial charge in [0.25, 0.3) is 5.91 Å². The van der Waals surface area contributed by atoms with Crippen molar-refractivity contribution in [1.29, 1.82) is 0 Å². The largest absolute Gasteiger partial charge is 0.490 e. The van der Waals surface area contributed by atoms with Gasteiger partial charge in [-0.2, -0.15) is 0 Å². The number of carbonyl (C=O) groups is 1. The quantitative estimate of drug-likeness (QED) is 0.838. The Hall–Kier alpha value is -1.30. The Labute approximate surface area is 123 Å². The number of nitrogens with zero attached hydrogens (tertiary/aromatic N) is 1. The molecule has 1 aromatic rings. The maximum absolute atomic E-state index is 12.5. The predicted octanol–water partition coefficient (Wildman–Crippen LogP) is 1.54. The topological polar surface area (TPSA) is 64.8 Å². The van der Waals surface area contributed by atoms with Crippen molar-refractivity contribution in [3.63, 3.8) is 0 Å². The fraction of sp³-hybridized carbons (Fsp3) is 0.500. The van der Waals surface area contributed by atoms with E-state index in [4.69, 9.17) is 26.8 Å². The third-order valence-corrected chi connectivity index (χ3v) is 3.46. The number of likely N-dealkylation sites (tertiary alicyclic amines) is 1. The lowest BCUT2D eigenvalue weighted by molar-refractivity contribution is 0.0783. The number of nitrogens with two attached hydrogens (primary N) is 1. The first-order chi connectivity index (χ1) is 9.61. The van der Waals surface area contributed by atoms with E-state index in [1.54, 1.807) is 30.2 Å². The molecule has 1 amide bonds. The number of rotatable bonds is 5. The average Bonchev–Trinajstić information content (AvgIpc) is 2.86. The van der Waals surface area contributed by atoms with Crippen molar-refractivity contribution in [2.75, 3.05) is 33.4 Å². The van der Waals surface area contributed by atoms with Crippen molar-refractivity contribution in [3.8, 4) is 5.75 Å². The fourth-order valence-corrected chi connectivity index (χ4v) is 2.34. The number of methoxy groups -OCH3 is 1. The van der Waals surface area contributed by atoms with Crippen molar-refractivity contribution < 1.29 is 14.3 Å². The number of ether oxygens (including phenoxy) is 2. The van der Waals surface area contributed by atoms with E-state index in [0.29, 0.717) is 42.6 Å². The number of amides is 1. The van der Waals surface area contributed by atoms with Gasteiger partial charge in [-0.25, -0.2) is 0 Å². The van der Waals surface area contributed by atoms with Gasteiger partial charge in [-0.1, -0.05) is 11.6 Å². The first-order valence-electron chi connectivity index (χ1n) is 6.58. The van der Waals surface area contributed by atoms with Gasteiger partial charge in [0.05, 0.1) is 12.2 Å². The van der Waals surface area contributed by atoms with Crippen LogP contribution in [0, 0.1) is 0 Å². The Bertz CT molecular complexity index is 481. The lowest BCUT2D eigenvalue weighted by Gasteiger charge is -2.18. The molecule has 0 bridgehead atoms. The van der Waals surface area contributed by atoms with Gasteiger partial charge in [-0.3, -0.25) is 4.79 Å². The molecule has 1 fully saturated rings. The maximum Gasteiger partial charge on any atom is 0.257 e. The van der Waals surface area contributed by atoms with Crippen molar-refractivity contribution in [3.05, 3.63) is 28.8 Å². The average molecular weight is 299 g/mol. The molecule has 1 atom stereocenters. The van der Waals surface area contributed by atoms with E-state index in [0.717, 1.165) is 6.42 Å². The van der Waals surface area contributed by atoms with Crippen molar-refractivity contribution in [2.45, 2.75) is 12.5 Å². The van der Waals surface area contributed by atoms with E-state index in [2.05, 4.69) is 0 Å². The smallest absolute Gasteiger partial charge is 0.257 e. The molecule has 5 nitrogen and oxygen atoms in total. The number of halogens is 1. The fourth-order valence-electron chi connectivity index (χ4n) is 2.17. The third-order valence-electron chi connectivity index (χ3n) is 3.23. The molecule has 0 aliphatic carbocycles. The predicted molar refractivity (Wildman–Crippen MR) is 77.3 cm³/mol. The number of carbonyl (C=O) groups excluding carboxylic acids is 1. The molecule has 6 heteroatoms. The van der Waals surface area contributed by atoms with Crippen molar-refractivity contribution in [1.82, 2.24) is 4.90 Å². The summed E-state index contributed by atoms with van der Waals surface area (Å²) in [6.45, 7) is 2.09. The summed E-state index contributed by atoms with van der Waals surface area (Å²) < 4.78 is 10.5. The first-order valence-corrected chi connectivity index (χ1v) is 6.95. The number of hydrogen-bond acceptors (Lipinski definition) is 4. The second-order valence-electron chi connectivity index (χ2n) is 4.78. The molecule has 1 heterocycles. The molecule has 0 aromatic heterocycles. The molecule has 20 heavy (non-hydrogen) atoms. The van der Waals surface area contributed by atoms with Gasteiger partial charge in [0.1, 0.15) is 12.4 Å². The SMILES string of the molecule is COCCOc1ccc(Cl)cc1C(=O)N1CC[C@@H](N)C1. The van der Waals surface area contributed by atoms with Gasteiger partial charge in [0, 0.05) is 31.3 Å². The Morgan fingerprint density at radius 1 is 1.50 bits per heavy atom. The monoisotopic (exact) mass is 298 g/mol. The zero-order chi connectivity index (χ0) is 14.5. The highest BCUT2D eigenvalue weighted by Gasteiger charge is 2.26. The standard InChI is InChI=1S/C14H19ClN2O3/c1-19-6-7-20-13-3-2-10(15)8-12(13)14(18)17-5-4-11(16)9-17/h2-3,8,11H,4-7,9,16H2,1H3/t11-/m1/s1. The van der Waals surface area contributed by atoms with Crippen LogP contribution in [0.15, 0.2) is 18.2 Å². The van der Waals surface area contributed by atoms with Gasteiger partial charge in [-0.05, 0) is 24.6 Å². The van der Waals surface area contributed by atoms with Crippen LogP contribution in [0.3, 0.4) is 0 Å². The molecule has 110 valence electrons. The molecular weight excluding hydrogens is 280 g/mol. The lowest BCUT2D eigenvalue weighted by Crippen LogP contribution is -2.32. The van der Waals surface area contributed by atoms with E-state index in [1.165, 1.54) is 0 Å². The lowest BCUT2D eigenvalue weighted by atomic mass is 10.1. The van der Waals surface area contributed by atoms with E-state index in [-0.39, 0.29) is 11.9 Å². The van der Waals surface area contributed by atoms with Crippen molar-refractivity contribution in [2.24, 2.45) is 5.73 Å². The summed E-state index contributed by atoms with van der Waals surface area (Å²) >= 11 is 5.98. The van der Waals surface area contributed by atoms with Gasteiger partial charge < -0.3 is 20.1 Å². The second kappa shape index (κ2) is 6.92. The zero-order valence-electron chi connectivity index (χ0n) is 11.5. The van der Waals surface area contributed by atoms with Gasteiger partial charge >= 0.3 is 0 Å². The highest BCUT2D eigenvalue weighted by molar-refractivity contribution is 6.31. The molecule has 1 aliphatic heterocycles. The van der Waals surface area contributed by atoms with Crippen LogP contribution < -0.4 is 10.5 Å². The van der Waals surface area contributed by atoms with Crippen LogP contribution in [0.2, 0.25) is 5.02 Å². The summed E-state index contributed by atoms with van der Waals surface area (Å²) in [6.07, 6.45) is 0.826. The van der Waals surface area contributed by atoms with Crippen molar-refractivity contribution >= 4 is 17.5 Å². The summed E-state index contributed by atoms with van der Waals surface area (Å²) in [5.74, 6) is 0.435. The summed E-state index contributed by atoms with van der Waals surface area (Å²) in [7, 11) is 1.60. The Morgan fingerprint density at radius 2 is 2.30 bits per heavy atom. The van der Waals surface area contributed by atoms with Gasteiger partial charge in [0.15, 0.2) is 0 Å². The summed E-state index contributed by atoms with van der Waals surface area (Å²) in [5.41, 5.74) is 6.31. The Balaban J connectivity index is 2.15. The van der Waals surface area contributed by atoms with Crippen LogP contribution >= 0.6 is 11.6 Å². The van der Waals surface area contributed by atoms with E-state index in [1.807, 2.05) is 0 Å². The van der Waals surface area contributed by atoms with Gasteiger partial charge in [0.2, 0.25) is 0 Å². The number of benzene rings is 1. The van der Waals surface area contributed by atoms with Crippen LogP contribution in [0.25, 0.3) is 0 Å². The molecule has 1 aliphatic rings. The molecule has 2 N–H and O–H groups in total. The highest BCUT2D eigenvalue weighted by Crippen LogP contribution is 2.25. The third kappa shape index (κ3) is 3.62. The van der Waals surface area contributed by atoms with E-state index < -0.39 is 0 Å². The molecular formula is C14H19ClN2O3. The van der Waals surface area contributed by atoms with Crippen LogP contribution in [0.5, 0.6) is 5.75 Å². The van der Waals surface area contributed by atoms with Crippen LogP contribution in [-0.2, 0) is 4.74 Å². The Morgan fingerprint density at radius 3 is 2.95 bits per heavy atom. The first kappa shape index (κ1) is 15.1. The summed E-state index contributed by atoms with van der Waals surface area (Å²) in [5, 5.41) is 0.510. The van der Waals surface area contributed by atoms with Crippen LogP contribution in [0.1, 0.15) is 16.8 Å².